The Bertz CT molecular complexity index is 837. The molecule has 0 bridgehead atoms. The second kappa shape index (κ2) is 9.30. The quantitative estimate of drug-likeness (QED) is 0.558. The molecule has 8 nitrogen and oxygen atoms in total. The van der Waals surface area contributed by atoms with Crippen LogP contribution in [0.15, 0.2) is 12.4 Å². The lowest BCUT2D eigenvalue weighted by atomic mass is 10.3. The number of thiazole rings is 1. The van der Waals surface area contributed by atoms with Crippen molar-refractivity contribution >= 4 is 22.5 Å². The Balaban J connectivity index is 1.48. The topological polar surface area (TPSA) is 98.3 Å². The van der Waals surface area contributed by atoms with Crippen molar-refractivity contribution in [3.63, 3.8) is 0 Å². The minimum atomic E-state index is -0.304. The highest BCUT2D eigenvalue weighted by molar-refractivity contribution is 7.16. The number of rotatable bonds is 7. The molecule has 0 aliphatic heterocycles. The second-order valence-corrected chi connectivity index (χ2v) is 7.04. The van der Waals surface area contributed by atoms with E-state index in [9.17, 15) is 4.79 Å². The van der Waals surface area contributed by atoms with Crippen LogP contribution in [0, 0.1) is 24.7 Å². The van der Waals surface area contributed by atoms with Gasteiger partial charge in [-0.3, -0.25) is 5.32 Å². The maximum absolute atomic E-state index is 11.9. The van der Waals surface area contributed by atoms with Crippen LogP contribution in [0.5, 0.6) is 6.01 Å². The predicted molar refractivity (Wildman–Crippen MR) is 102 cm³/mol. The van der Waals surface area contributed by atoms with Crippen LogP contribution in [-0.2, 0) is 4.74 Å². The molecule has 2 heterocycles. The van der Waals surface area contributed by atoms with Gasteiger partial charge in [0.15, 0.2) is 5.13 Å². The Morgan fingerprint density at radius 1 is 1.33 bits per heavy atom. The number of carbonyl (C=O) groups excluding carboxylic acids is 1. The third kappa shape index (κ3) is 6.20. The summed E-state index contributed by atoms with van der Waals surface area (Å²) < 4.78 is 10.4. The van der Waals surface area contributed by atoms with Gasteiger partial charge < -0.3 is 14.8 Å². The number of aromatic nitrogens is 3. The van der Waals surface area contributed by atoms with Crippen molar-refractivity contribution in [1.82, 2.24) is 20.3 Å². The number of hydrogen-bond donors (Lipinski definition) is 2. The molecular formula is C18H21N5O3S. The van der Waals surface area contributed by atoms with Gasteiger partial charge >= 0.3 is 12.0 Å². The Hall–Kier alpha value is -2.70. The molecule has 1 fully saturated rings. The number of nitrogens with one attached hydrogen (secondary N) is 2. The third-order valence-corrected chi connectivity index (χ3v) is 4.72. The molecule has 1 saturated carbocycles. The van der Waals surface area contributed by atoms with Gasteiger partial charge in [0.25, 0.3) is 0 Å². The monoisotopic (exact) mass is 387 g/mol. The Morgan fingerprint density at radius 2 is 2.11 bits per heavy atom. The number of hydrogen-bond acceptors (Lipinski definition) is 7. The molecule has 2 aromatic heterocycles. The average molecular weight is 387 g/mol. The lowest BCUT2D eigenvalue weighted by molar-refractivity contribution is 0.127. The van der Waals surface area contributed by atoms with Gasteiger partial charge in [0.2, 0.25) is 0 Å². The highest BCUT2D eigenvalue weighted by Gasteiger charge is 2.20. The van der Waals surface area contributed by atoms with Gasteiger partial charge in [-0.1, -0.05) is 17.3 Å². The van der Waals surface area contributed by atoms with Crippen molar-refractivity contribution in [2.75, 3.05) is 32.2 Å². The summed E-state index contributed by atoms with van der Waals surface area (Å²) in [6, 6.07) is -0.00760. The predicted octanol–water partition coefficient (Wildman–Crippen LogP) is 2.20. The van der Waals surface area contributed by atoms with Crippen LogP contribution in [0.4, 0.5) is 9.93 Å². The zero-order chi connectivity index (χ0) is 19.1. The van der Waals surface area contributed by atoms with Gasteiger partial charge in [0.05, 0.1) is 25.0 Å². The van der Waals surface area contributed by atoms with E-state index >= 15 is 0 Å². The number of amides is 2. The van der Waals surface area contributed by atoms with Crippen LogP contribution >= 0.6 is 11.3 Å². The average Bonchev–Trinajstić information content (AvgIpc) is 3.43. The zero-order valence-corrected chi connectivity index (χ0v) is 16.1. The number of nitrogens with zero attached hydrogens (tertiary/aromatic N) is 3. The smallest absolute Gasteiger partial charge is 0.321 e. The normalized spacial score (nSPS) is 12.8. The van der Waals surface area contributed by atoms with Crippen molar-refractivity contribution < 1.29 is 14.3 Å². The van der Waals surface area contributed by atoms with Gasteiger partial charge in [0, 0.05) is 25.5 Å². The first-order valence-corrected chi connectivity index (χ1v) is 9.44. The first-order chi connectivity index (χ1) is 13.1. The van der Waals surface area contributed by atoms with E-state index < -0.39 is 0 Å². The molecule has 0 spiro atoms. The van der Waals surface area contributed by atoms with Gasteiger partial charge in [-0.05, 0) is 31.6 Å². The van der Waals surface area contributed by atoms with Crippen LogP contribution in [0.3, 0.4) is 0 Å². The van der Waals surface area contributed by atoms with Gasteiger partial charge in [-0.2, -0.15) is 0 Å². The molecule has 142 valence electrons. The summed E-state index contributed by atoms with van der Waals surface area (Å²) in [4.78, 5) is 25.0. The lowest BCUT2D eigenvalue weighted by Gasteiger charge is -2.05. The number of carbonyl (C=O) groups is 1. The summed E-state index contributed by atoms with van der Waals surface area (Å²) in [5.41, 5.74) is 1.42. The first-order valence-electron chi connectivity index (χ1n) is 8.62. The van der Waals surface area contributed by atoms with Crippen LogP contribution in [0.25, 0.3) is 0 Å². The summed E-state index contributed by atoms with van der Waals surface area (Å²) in [6.45, 7) is 3.62. The largest absolute Gasteiger partial charge is 0.467 e. The molecule has 0 radical (unpaired) electrons. The summed E-state index contributed by atoms with van der Waals surface area (Å²) in [7, 11) is 1.51. The number of ether oxygens (including phenoxy) is 2. The minimum Gasteiger partial charge on any atom is -0.467 e. The molecule has 0 atom stereocenters. The molecular weight excluding hydrogens is 366 g/mol. The molecule has 3 rings (SSSR count). The maximum Gasteiger partial charge on any atom is 0.321 e. The fraction of sp³-hybridized carbons (Fsp3) is 0.444. The van der Waals surface area contributed by atoms with E-state index in [0.717, 1.165) is 23.1 Å². The van der Waals surface area contributed by atoms with Crippen LogP contribution < -0.4 is 15.4 Å². The standard InChI is InChI=1S/C18H21N5O3S/c1-12-15(6-5-14-9-20-17(25-2)21-10-14)27-18(22-12)23-16(24)19-7-8-26-11-13-3-4-13/h9-10,13H,3-4,7-8,11H2,1-2H3,(H2,19,22,23,24). The van der Waals surface area contributed by atoms with Crippen molar-refractivity contribution in [2.24, 2.45) is 5.92 Å². The molecule has 9 heteroatoms. The van der Waals surface area contributed by atoms with Crippen LogP contribution in [0.1, 0.15) is 29.0 Å². The summed E-state index contributed by atoms with van der Waals surface area (Å²) >= 11 is 1.32. The van der Waals surface area contributed by atoms with Crippen molar-refractivity contribution in [1.29, 1.82) is 0 Å². The molecule has 1 aliphatic rings. The maximum atomic E-state index is 11.9. The van der Waals surface area contributed by atoms with Crippen molar-refractivity contribution in [3.05, 3.63) is 28.5 Å². The molecule has 2 amide bonds. The molecule has 1 aliphatic carbocycles. The fourth-order valence-corrected chi connectivity index (χ4v) is 2.91. The molecule has 27 heavy (non-hydrogen) atoms. The van der Waals surface area contributed by atoms with E-state index in [2.05, 4.69) is 37.4 Å². The third-order valence-electron chi connectivity index (χ3n) is 3.73. The summed E-state index contributed by atoms with van der Waals surface area (Å²) in [5, 5.41) is 5.97. The highest BCUT2D eigenvalue weighted by Crippen LogP contribution is 2.28. The molecule has 2 aromatic rings. The highest BCUT2D eigenvalue weighted by atomic mass is 32.1. The van der Waals surface area contributed by atoms with Gasteiger partial charge in [0.1, 0.15) is 4.88 Å². The van der Waals surface area contributed by atoms with E-state index in [1.165, 1.54) is 31.3 Å². The van der Waals surface area contributed by atoms with E-state index in [1.807, 2.05) is 6.92 Å². The fourth-order valence-electron chi connectivity index (χ4n) is 2.09. The lowest BCUT2D eigenvalue weighted by Crippen LogP contribution is -2.31. The Morgan fingerprint density at radius 3 is 2.81 bits per heavy atom. The molecule has 0 saturated heterocycles. The number of methoxy groups -OCH3 is 1. The summed E-state index contributed by atoms with van der Waals surface area (Å²) in [5.74, 6) is 6.73. The summed E-state index contributed by atoms with van der Waals surface area (Å²) in [6.07, 6.45) is 5.70. The number of aryl methyl sites for hydroxylation is 1. The van der Waals surface area contributed by atoms with Crippen molar-refractivity contribution in [3.8, 4) is 17.9 Å². The van der Waals surface area contributed by atoms with E-state index in [0.29, 0.717) is 29.9 Å². The van der Waals surface area contributed by atoms with E-state index in [4.69, 9.17) is 9.47 Å². The molecule has 0 aromatic carbocycles. The van der Waals surface area contributed by atoms with E-state index in [1.54, 1.807) is 12.4 Å². The number of anilines is 1. The van der Waals surface area contributed by atoms with Crippen molar-refractivity contribution in [2.45, 2.75) is 19.8 Å². The molecule has 0 unspecified atom stereocenters. The number of urea groups is 1. The Kier molecular flexibility index (Phi) is 6.57. The first kappa shape index (κ1) is 19.1. The zero-order valence-electron chi connectivity index (χ0n) is 15.2. The SMILES string of the molecule is COc1ncc(C#Cc2sc(NC(=O)NCCOCC3CC3)nc2C)cn1. The minimum absolute atomic E-state index is 0.296. The second-order valence-electron chi connectivity index (χ2n) is 6.04. The van der Waals surface area contributed by atoms with Crippen LogP contribution in [0.2, 0.25) is 0 Å². The Labute approximate surface area is 161 Å². The van der Waals surface area contributed by atoms with Gasteiger partial charge in [-0.25, -0.2) is 19.7 Å². The van der Waals surface area contributed by atoms with Gasteiger partial charge in [-0.15, -0.1) is 0 Å². The van der Waals surface area contributed by atoms with E-state index in [-0.39, 0.29) is 6.03 Å². The molecule has 2 N–H and O–H groups in total. The van der Waals surface area contributed by atoms with Crippen LogP contribution in [-0.4, -0.2) is 47.9 Å².